The molecule has 1 fully saturated rings. The Bertz CT molecular complexity index is 400. The monoisotopic (exact) mass is 291 g/mol. The predicted molar refractivity (Wildman–Crippen MR) is 91.7 cm³/mol. The summed E-state index contributed by atoms with van der Waals surface area (Å²) in [6.45, 7) is 7.85. The van der Waals surface area contributed by atoms with Gasteiger partial charge in [-0.15, -0.1) is 0 Å². The van der Waals surface area contributed by atoms with E-state index in [-0.39, 0.29) is 0 Å². The molecule has 0 heterocycles. The van der Waals surface area contributed by atoms with Crippen molar-refractivity contribution in [1.29, 1.82) is 0 Å². The van der Waals surface area contributed by atoms with E-state index in [9.17, 15) is 0 Å². The summed E-state index contributed by atoms with van der Waals surface area (Å²) in [7, 11) is 0. The van der Waals surface area contributed by atoms with Crippen molar-refractivity contribution in [3.05, 3.63) is 35.4 Å². The molecule has 0 saturated heterocycles. The van der Waals surface area contributed by atoms with Gasteiger partial charge in [0.15, 0.2) is 0 Å². The molecule has 1 aromatic rings. The second kappa shape index (κ2) is 8.09. The lowest BCUT2D eigenvalue weighted by Crippen LogP contribution is -2.24. The van der Waals surface area contributed by atoms with E-state index in [0.717, 1.165) is 17.7 Å². The van der Waals surface area contributed by atoms with Gasteiger partial charge in [0.05, 0.1) is 0 Å². The van der Waals surface area contributed by atoms with Gasteiger partial charge < -0.3 is 5.32 Å². The van der Waals surface area contributed by atoms with Crippen molar-refractivity contribution in [1.82, 2.24) is 5.32 Å². The Labute approximate surface area is 128 Å². The van der Waals surface area contributed by atoms with E-state index in [0.29, 0.717) is 6.04 Å². The molecule has 0 radical (unpaired) electrons. The van der Waals surface area contributed by atoms with Crippen LogP contribution in [0.3, 0.4) is 0 Å². The van der Waals surface area contributed by atoms with Gasteiger partial charge in [-0.25, -0.2) is 0 Å². The van der Waals surface area contributed by atoms with Gasteiger partial charge in [-0.1, -0.05) is 51.5 Å². The fourth-order valence-electron chi connectivity index (χ4n) is 2.67. The fraction of sp³-hybridized carbons (Fsp3) is 0.667. The van der Waals surface area contributed by atoms with Crippen molar-refractivity contribution >= 4 is 11.8 Å². The van der Waals surface area contributed by atoms with Crippen molar-refractivity contribution in [2.24, 2.45) is 0 Å². The van der Waals surface area contributed by atoms with Crippen molar-refractivity contribution in [3.63, 3.8) is 0 Å². The number of thioether (sulfide) groups is 1. The fourth-order valence-corrected chi connectivity index (χ4v) is 3.74. The standard InChI is InChI=1S/C18H29NS/c1-4-14(3)20-13-18(19-5-2)17-11-7-10-16(12-17)15-8-6-9-15/h7,10-12,14-15,18-19H,4-6,8-9,13H2,1-3H3. The van der Waals surface area contributed by atoms with Crippen LogP contribution >= 0.6 is 11.8 Å². The third kappa shape index (κ3) is 4.26. The first-order chi connectivity index (χ1) is 9.74. The van der Waals surface area contributed by atoms with Crippen LogP contribution < -0.4 is 5.32 Å². The van der Waals surface area contributed by atoms with Gasteiger partial charge in [0.1, 0.15) is 0 Å². The van der Waals surface area contributed by atoms with Crippen LogP contribution in [-0.4, -0.2) is 17.5 Å². The van der Waals surface area contributed by atoms with Gasteiger partial charge in [-0.2, -0.15) is 11.8 Å². The van der Waals surface area contributed by atoms with E-state index in [1.54, 1.807) is 5.56 Å². The van der Waals surface area contributed by atoms with Gasteiger partial charge >= 0.3 is 0 Å². The second-order valence-electron chi connectivity index (χ2n) is 5.96. The van der Waals surface area contributed by atoms with E-state index < -0.39 is 0 Å². The Balaban J connectivity index is 2.03. The van der Waals surface area contributed by atoms with Gasteiger partial charge in [0.2, 0.25) is 0 Å². The molecule has 0 spiro atoms. The lowest BCUT2D eigenvalue weighted by atomic mass is 9.79. The topological polar surface area (TPSA) is 12.0 Å². The maximum absolute atomic E-state index is 3.66. The first kappa shape index (κ1) is 15.9. The van der Waals surface area contributed by atoms with Crippen LogP contribution in [0.2, 0.25) is 0 Å². The van der Waals surface area contributed by atoms with Gasteiger partial charge in [-0.3, -0.25) is 0 Å². The van der Waals surface area contributed by atoms with Crippen LogP contribution in [0.4, 0.5) is 0 Å². The van der Waals surface area contributed by atoms with Crippen molar-refractivity contribution < 1.29 is 0 Å². The number of hydrogen-bond acceptors (Lipinski definition) is 2. The molecule has 0 aromatic heterocycles. The molecule has 1 aromatic carbocycles. The largest absolute Gasteiger partial charge is 0.310 e. The highest BCUT2D eigenvalue weighted by Crippen LogP contribution is 2.37. The molecular weight excluding hydrogens is 262 g/mol. The van der Waals surface area contributed by atoms with E-state index in [2.05, 4.69) is 62.1 Å². The second-order valence-corrected chi connectivity index (χ2v) is 7.43. The first-order valence-corrected chi connectivity index (χ1v) is 9.24. The van der Waals surface area contributed by atoms with Crippen LogP contribution in [0.1, 0.15) is 69.5 Å². The molecule has 2 heteroatoms. The van der Waals surface area contributed by atoms with E-state index in [1.807, 2.05) is 0 Å². The first-order valence-electron chi connectivity index (χ1n) is 8.19. The highest BCUT2D eigenvalue weighted by molar-refractivity contribution is 7.99. The Morgan fingerprint density at radius 1 is 1.30 bits per heavy atom. The Morgan fingerprint density at radius 2 is 2.10 bits per heavy atom. The summed E-state index contributed by atoms with van der Waals surface area (Å²) in [6.07, 6.45) is 5.44. The van der Waals surface area contributed by atoms with Crippen molar-refractivity contribution in [2.75, 3.05) is 12.3 Å². The molecule has 0 aliphatic heterocycles. The number of nitrogens with one attached hydrogen (secondary N) is 1. The minimum Gasteiger partial charge on any atom is -0.310 e. The number of rotatable bonds is 8. The lowest BCUT2D eigenvalue weighted by Gasteiger charge is -2.27. The summed E-state index contributed by atoms with van der Waals surface area (Å²) in [5.74, 6) is 2.01. The van der Waals surface area contributed by atoms with Crippen LogP contribution in [0.5, 0.6) is 0 Å². The van der Waals surface area contributed by atoms with E-state index >= 15 is 0 Å². The maximum atomic E-state index is 3.66. The van der Waals surface area contributed by atoms with Gasteiger partial charge in [-0.05, 0) is 42.9 Å². The molecule has 2 unspecified atom stereocenters. The third-order valence-electron chi connectivity index (χ3n) is 4.46. The normalized spacial score (nSPS) is 18.6. The zero-order chi connectivity index (χ0) is 14.4. The summed E-state index contributed by atoms with van der Waals surface area (Å²) in [6, 6.07) is 9.82. The minimum absolute atomic E-state index is 0.499. The number of benzene rings is 1. The smallest absolute Gasteiger partial charge is 0.0411 e. The Hall–Kier alpha value is -0.470. The molecule has 1 saturated carbocycles. The van der Waals surface area contributed by atoms with E-state index in [1.165, 1.54) is 37.0 Å². The maximum Gasteiger partial charge on any atom is 0.0411 e. The molecule has 1 aliphatic rings. The quantitative estimate of drug-likeness (QED) is 0.712. The average Bonchev–Trinajstić information content (AvgIpc) is 2.41. The molecule has 1 aliphatic carbocycles. The number of hydrogen-bond donors (Lipinski definition) is 1. The zero-order valence-corrected chi connectivity index (χ0v) is 14.0. The summed E-state index contributed by atoms with van der Waals surface area (Å²) < 4.78 is 0. The minimum atomic E-state index is 0.499. The van der Waals surface area contributed by atoms with Gasteiger partial charge in [0.25, 0.3) is 0 Å². The molecule has 20 heavy (non-hydrogen) atoms. The molecular formula is C18H29NS. The summed E-state index contributed by atoms with van der Waals surface area (Å²) in [5, 5.41) is 4.42. The zero-order valence-electron chi connectivity index (χ0n) is 13.2. The SMILES string of the molecule is CCNC(CSC(C)CC)c1cccc(C2CCC2)c1. The predicted octanol–water partition coefficient (Wildman–Crippen LogP) is 5.14. The molecule has 2 atom stereocenters. The molecule has 1 N–H and O–H groups in total. The highest BCUT2D eigenvalue weighted by atomic mass is 32.2. The van der Waals surface area contributed by atoms with Crippen LogP contribution in [-0.2, 0) is 0 Å². The highest BCUT2D eigenvalue weighted by Gasteiger charge is 2.20. The van der Waals surface area contributed by atoms with Crippen molar-refractivity contribution in [3.8, 4) is 0 Å². The van der Waals surface area contributed by atoms with Crippen molar-refractivity contribution in [2.45, 2.75) is 63.7 Å². The van der Waals surface area contributed by atoms with Crippen LogP contribution in [0.15, 0.2) is 24.3 Å². The van der Waals surface area contributed by atoms with E-state index in [4.69, 9.17) is 0 Å². The Kier molecular flexibility index (Phi) is 6.44. The molecule has 112 valence electrons. The molecule has 2 rings (SSSR count). The van der Waals surface area contributed by atoms with Crippen LogP contribution in [0, 0.1) is 0 Å². The summed E-state index contributed by atoms with van der Waals surface area (Å²) in [5.41, 5.74) is 3.04. The average molecular weight is 292 g/mol. The van der Waals surface area contributed by atoms with Crippen LogP contribution in [0.25, 0.3) is 0 Å². The summed E-state index contributed by atoms with van der Waals surface area (Å²) in [4.78, 5) is 0. The van der Waals surface area contributed by atoms with Gasteiger partial charge in [0, 0.05) is 17.0 Å². The third-order valence-corrected chi connectivity index (χ3v) is 5.89. The molecule has 1 nitrogen and oxygen atoms in total. The molecule has 0 amide bonds. The summed E-state index contributed by atoms with van der Waals surface area (Å²) >= 11 is 2.09. The Morgan fingerprint density at radius 3 is 2.70 bits per heavy atom. The lowest BCUT2D eigenvalue weighted by molar-refractivity contribution is 0.419. The molecule has 0 bridgehead atoms.